The number of ether oxygens (including phenoxy) is 2. The van der Waals surface area contributed by atoms with E-state index < -0.39 is 22.1 Å². The Morgan fingerprint density at radius 3 is 1.92 bits per heavy atom. The number of hydrogen-bond donors (Lipinski definition) is 0. The molecule has 0 N–H and O–H groups in total. The van der Waals surface area contributed by atoms with Crippen molar-refractivity contribution in [2.45, 2.75) is 17.0 Å². The van der Waals surface area contributed by atoms with E-state index in [1.165, 1.54) is 41.3 Å². The van der Waals surface area contributed by atoms with Crippen molar-refractivity contribution < 1.29 is 17.9 Å². The second-order valence-electron chi connectivity index (χ2n) is 8.40. The summed E-state index contributed by atoms with van der Waals surface area (Å²) in [6, 6.07) is 21.5. The average Bonchev–Trinajstić information content (AvgIpc) is 3.26. The summed E-state index contributed by atoms with van der Waals surface area (Å²) in [4.78, 5) is 13.2. The largest absolute Gasteiger partial charge is 0.497 e. The van der Waals surface area contributed by atoms with Gasteiger partial charge in [0.25, 0.3) is 15.6 Å². The monoisotopic (exact) mass is 556 g/mol. The van der Waals surface area contributed by atoms with Crippen LogP contribution in [0.2, 0.25) is 10.0 Å². The van der Waals surface area contributed by atoms with Gasteiger partial charge in [-0.1, -0.05) is 53.5 Å². The predicted molar refractivity (Wildman–Crippen MR) is 144 cm³/mol. The normalized spacial score (nSPS) is 16.9. The Morgan fingerprint density at radius 2 is 1.35 bits per heavy atom. The van der Waals surface area contributed by atoms with E-state index >= 15 is 0 Å². The second-order valence-corrected chi connectivity index (χ2v) is 11.1. The fourth-order valence-corrected chi connectivity index (χ4v) is 6.76. The average molecular weight is 557 g/mol. The van der Waals surface area contributed by atoms with Gasteiger partial charge in [0, 0.05) is 22.2 Å². The van der Waals surface area contributed by atoms with E-state index in [4.69, 9.17) is 32.7 Å². The number of hydrogen-bond acceptors (Lipinski definition) is 5. The Hall–Kier alpha value is -3.46. The lowest BCUT2D eigenvalue weighted by Crippen LogP contribution is -2.34. The first-order valence-corrected chi connectivity index (χ1v) is 13.4. The highest BCUT2D eigenvalue weighted by atomic mass is 35.5. The molecule has 0 saturated heterocycles. The first-order valence-electron chi connectivity index (χ1n) is 11.2. The van der Waals surface area contributed by atoms with E-state index in [0.29, 0.717) is 26.9 Å². The molecule has 37 heavy (non-hydrogen) atoms. The Morgan fingerprint density at radius 1 is 0.757 bits per heavy atom. The first kappa shape index (κ1) is 25.2. The summed E-state index contributed by atoms with van der Waals surface area (Å²) in [6.45, 7) is 0. The Bertz CT molecular complexity index is 1620. The number of anilines is 1. The molecular formula is C27H22Cl2N2O5S. The second kappa shape index (κ2) is 9.78. The number of nitrogens with zero attached hydrogens (tertiary/aromatic N) is 2. The molecule has 3 aromatic carbocycles. The van der Waals surface area contributed by atoms with Crippen LogP contribution in [0.5, 0.6) is 11.5 Å². The molecular weight excluding hydrogens is 535 g/mol. The van der Waals surface area contributed by atoms with Crippen LogP contribution in [0, 0.1) is 0 Å². The Balaban J connectivity index is 1.83. The molecule has 7 nitrogen and oxygen atoms in total. The number of sulfonamides is 1. The van der Waals surface area contributed by atoms with Gasteiger partial charge in [0.1, 0.15) is 22.2 Å². The van der Waals surface area contributed by atoms with Gasteiger partial charge in [0.2, 0.25) is 0 Å². The molecule has 1 aromatic heterocycles. The van der Waals surface area contributed by atoms with E-state index in [2.05, 4.69) is 0 Å². The van der Waals surface area contributed by atoms with E-state index in [1.807, 2.05) is 0 Å². The fraction of sp³-hybridized carbons (Fsp3) is 0.148. The minimum absolute atomic E-state index is 0.0899. The van der Waals surface area contributed by atoms with Crippen LogP contribution in [-0.4, -0.2) is 27.2 Å². The summed E-state index contributed by atoms with van der Waals surface area (Å²) >= 11 is 12.3. The van der Waals surface area contributed by atoms with Crippen molar-refractivity contribution in [1.29, 1.82) is 0 Å². The van der Waals surface area contributed by atoms with Gasteiger partial charge in [-0.25, -0.2) is 12.7 Å². The molecule has 0 bridgehead atoms. The third-order valence-electron chi connectivity index (χ3n) is 6.35. The van der Waals surface area contributed by atoms with E-state index in [1.54, 1.807) is 66.7 Å². The fourth-order valence-electron chi connectivity index (χ4n) is 4.69. The summed E-state index contributed by atoms with van der Waals surface area (Å²) in [6.07, 6.45) is 0. The van der Waals surface area contributed by atoms with Crippen LogP contribution in [0.25, 0.3) is 0 Å². The van der Waals surface area contributed by atoms with Gasteiger partial charge in [0.15, 0.2) is 0 Å². The summed E-state index contributed by atoms with van der Waals surface area (Å²) < 4.78 is 42.4. The summed E-state index contributed by atoms with van der Waals surface area (Å²) in [7, 11) is -1.44. The number of halogens is 2. The molecule has 1 aliphatic heterocycles. The van der Waals surface area contributed by atoms with Crippen molar-refractivity contribution in [3.05, 3.63) is 116 Å². The molecule has 0 radical (unpaired) electrons. The van der Waals surface area contributed by atoms with Crippen molar-refractivity contribution in [2.75, 3.05) is 18.5 Å². The van der Waals surface area contributed by atoms with Gasteiger partial charge in [0.05, 0.1) is 26.3 Å². The van der Waals surface area contributed by atoms with Crippen LogP contribution in [0.15, 0.2) is 94.6 Å². The highest BCUT2D eigenvalue weighted by molar-refractivity contribution is 7.93. The highest BCUT2D eigenvalue weighted by Gasteiger charge is 2.47. The summed E-state index contributed by atoms with van der Waals surface area (Å²) in [5.74, 6) is 0.717. The number of methoxy groups -OCH3 is 2. The summed E-state index contributed by atoms with van der Waals surface area (Å²) in [5.41, 5.74) is 1.03. The molecule has 0 aliphatic carbocycles. The minimum Gasteiger partial charge on any atom is -0.497 e. The van der Waals surface area contributed by atoms with Gasteiger partial charge in [-0.05, 0) is 53.6 Å². The molecule has 0 fully saturated rings. The molecule has 2 atom stereocenters. The maximum atomic E-state index is 14.5. The van der Waals surface area contributed by atoms with E-state index in [0.717, 1.165) is 0 Å². The molecule has 10 heteroatoms. The first-order chi connectivity index (χ1) is 17.8. The van der Waals surface area contributed by atoms with Gasteiger partial charge >= 0.3 is 0 Å². The van der Waals surface area contributed by atoms with Crippen molar-refractivity contribution >= 4 is 39.0 Å². The van der Waals surface area contributed by atoms with Crippen LogP contribution in [0.3, 0.4) is 0 Å². The Labute approximate surface area is 224 Å². The maximum Gasteiger partial charge on any atom is 0.269 e. The topological polar surface area (TPSA) is 77.8 Å². The van der Waals surface area contributed by atoms with Crippen LogP contribution in [-0.2, 0) is 10.0 Å². The third-order valence-corrected chi connectivity index (χ3v) is 8.67. The molecule has 2 heterocycles. The van der Waals surface area contributed by atoms with Crippen LogP contribution < -0.4 is 19.3 Å². The quantitative estimate of drug-likeness (QED) is 0.304. The zero-order valence-electron chi connectivity index (χ0n) is 19.8. The van der Waals surface area contributed by atoms with Gasteiger partial charge < -0.3 is 9.47 Å². The van der Waals surface area contributed by atoms with Crippen molar-refractivity contribution in [1.82, 2.24) is 4.57 Å². The summed E-state index contributed by atoms with van der Waals surface area (Å²) in [5, 5.41) is 1.03. The van der Waals surface area contributed by atoms with Gasteiger partial charge in [-0.15, -0.1) is 0 Å². The molecule has 0 spiro atoms. The molecule has 0 unspecified atom stereocenters. The van der Waals surface area contributed by atoms with Gasteiger partial charge in [-0.2, -0.15) is 0 Å². The van der Waals surface area contributed by atoms with Crippen LogP contribution >= 0.6 is 23.2 Å². The van der Waals surface area contributed by atoms with Crippen molar-refractivity contribution in [2.24, 2.45) is 0 Å². The number of aromatic nitrogens is 1. The van der Waals surface area contributed by atoms with Crippen LogP contribution in [0.4, 0.5) is 5.82 Å². The minimum atomic E-state index is -4.29. The standard InChI is InChI=1S/C27H22Cl2N2O5S/c1-35-21-14-15-22(36-2)23(16-21)37(33,34)31-24-4-3-5-25(32)30(24)26(17-6-10-19(28)11-7-17)27(31)18-8-12-20(29)13-9-18/h3-16,26-27H,1-2H3/t26-,27+/m1/s1. The lowest BCUT2D eigenvalue weighted by atomic mass is 9.94. The number of rotatable bonds is 6. The highest BCUT2D eigenvalue weighted by Crippen LogP contribution is 2.50. The molecule has 4 aromatic rings. The lowest BCUT2D eigenvalue weighted by Gasteiger charge is -2.29. The van der Waals surface area contributed by atoms with Crippen molar-refractivity contribution in [3.8, 4) is 11.5 Å². The molecule has 0 amide bonds. The lowest BCUT2D eigenvalue weighted by molar-refractivity contribution is 0.392. The van der Waals surface area contributed by atoms with E-state index in [9.17, 15) is 13.2 Å². The molecule has 190 valence electrons. The van der Waals surface area contributed by atoms with Crippen LogP contribution in [0.1, 0.15) is 23.2 Å². The van der Waals surface area contributed by atoms with E-state index in [-0.39, 0.29) is 22.0 Å². The smallest absolute Gasteiger partial charge is 0.269 e. The van der Waals surface area contributed by atoms with Gasteiger partial charge in [-0.3, -0.25) is 9.36 Å². The molecule has 0 saturated carbocycles. The number of benzene rings is 3. The molecule has 5 rings (SSSR count). The Kier molecular flexibility index (Phi) is 6.66. The van der Waals surface area contributed by atoms with Crippen molar-refractivity contribution in [3.63, 3.8) is 0 Å². The zero-order chi connectivity index (χ0) is 26.3. The number of fused-ring (bicyclic) bond motifs is 1. The SMILES string of the molecule is COc1ccc(OC)c(S(=O)(=O)N2c3cccc(=O)n3[C@H](c3ccc(Cl)cc3)[C@@H]2c2ccc(Cl)cc2)c1. The number of pyridine rings is 1. The molecule has 1 aliphatic rings. The predicted octanol–water partition coefficient (Wildman–Crippen LogP) is 5.71. The zero-order valence-corrected chi connectivity index (χ0v) is 22.2. The maximum absolute atomic E-state index is 14.5. The third kappa shape index (κ3) is 4.35.